The summed E-state index contributed by atoms with van der Waals surface area (Å²) in [4.78, 5) is 11.9. The van der Waals surface area contributed by atoms with Gasteiger partial charge in [0.05, 0.1) is 4.75 Å². The van der Waals surface area contributed by atoms with Gasteiger partial charge >= 0.3 is 0 Å². The number of hydrogen-bond acceptors (Lipinski definition) is 4. The molecule has 0 spiro atoms. The van der Waals surface area contributed by atoms with Crippen LogP contribution >= 0.6 is 0 Å². The van der Waals surface area contributed by atoms with E-state index in [4.69, 9.17) is 5.73 Å². The minimum Gasteiger partial charge on any atom is -0.317 e. The molecule has 2 aliphatic carbocycles. The van der Waals surface area contributed by atoms with E-state index in [9.17, 15) is 13.2 Å². The highest BCUT2D eigenvalue weighted by molar-refractivity contribution is 7.91. The smallest absolute Gasteiger partial charge is 0.254 e. The van der Waals surface area contributed by atoms with E-state index >= 15 is 0 Å². The summed E-state index contributed by atoms with van der Waals surface area (Å²) in [5.41, 5.74) is 4.80. The van der Waals surface area contributed by atoms with E-state index in [0.29, 0.717) is 12.8 Å². The first-order chi connectivity index (χ1) is 7.69. The third-order valence-corrected chi connectivity index (χ3v) is 6.37. The second-order valence-electron chi connectivity index (χ2n) is 5.37. The van der Waals surface area contributed by atoms with Gasteiger partial charge in [0, 0.05) is 5.92 Å². The Labute approximate surface area is 101 Å². The molecule has 0 saturated heterocycles. The molecule has 1 amide bonds. The zero-order valence-corrected chi connectivity index (χ0v) is 10.9. The van der Waals surface area contributed by atoms with Crippen LogP contribution in [0.1, 0.15) is 26.7 Å². The molecule has 17 heavy (non-hydrogen) atoms. The van der Waals surface area contributed by atoms with Crippen LogP contribution < -0.4 is 10.5 Å². The van der Waals surface area contributed by atoms with Crippen molar-refractivity contribution in [2.45, 2.75) is 37.0 Å². The Morgan fingerprint density at radius 2 is 2.06 bits per heavy atom. The van der Waals surface area contributed by atoms with E-state index in [1.807, 2.05) is 6.92 Å². The summed E-state index contributed by atoms with van der Waals surface area (Å²) >= 11 is 0. The minimum absolute atomic E-state index is 0.0674. The van der Waals surface area contributed by atoms with Crippen LogP contribution in [0.5, 0.6) is 0 Å². The topological polar surface area (TPSA) is 89.3 Å². The molecule has 0 bridgehead atoms. The van der Waals surface area contributed by atoms with Crippen molar-refractivity contribution in [2.24, 2.45) is 17.6 Å². The van der Waals surface area contributed by atoms with E-state index in [1.165, 1.54) is 0 Å². The highest BCUT2D eigenvalue weighted by Gasteiger charge is 2.64. The second-order valence-corrected chi connectivity index (χ2v) is 7.56. The first kappa shape index (κ1) is 12.6. The van der Waals surface area contributed by atoms with Crippen LogP contribution in [0, 0.1) is 11.8 Å². The molecule has 2 fully saturated rings. The fraction of sp³-hybridized carbons (Fsp3) is 0.727. The molecule has 2 aliphatic rings. The van der Waals surface area contributed by atoms with Gasteiger partial charge in [-0.1, -0.05) is 13.0 Å². The molecule has 1 unspecified atom stereocenters. The lowest BCUT2D eigenvalue weighted by atomic mass is 10.2. The normalized spacial score (nSPS) is 38.3. The van der Waals surface area contributed by atoms with Gasteiger partial charge in [-0.3, -0.25) is 9.52 Å². The van der Waals surface area contributed by atoms with Crippen LogP contribution in [0.25, 0.3) is 0 Å². The molecule has 2 rings (SSSR count). The summed E-state index contributed by atoms with van der Waals surface area (Å²) in [5, 5.41) is 0. The quantitative estimate of drug-likeness (QED) is 0.702. The van der Waals surface area contributed by atoms with Crippen LogP contribution in [0.2, 0.25) is 0 Å². The van der Waals surface area contributed by atoms with Crippen molar-refractivity contribution in [3.05, 3.63) is 12.7 Å². The van der Waals surface area contributed by atoms with Gasteiger partial charge in [-0.25, -0.2) is 8.42 Å². The highest BCUT2D eigenvalue weighted by atomic mass is 32.2. The molecular weight excluding hydrogens is 240 g/mol. The zero-order chi connectivity index (χ0) is 13.1. The molecule has 0 aliphatic heterocycles. The lowest BCUT2D eigenvalue weighted by Crippen LogP contribution is -2.50. The van der Waals surface area contributed by atoms with Gasteiger partial charge in [0.15, 0.2) is 0 Å². The Bertz CT molecular complexity index is 481. The molecule has 96 valence electrons. The van der Waals surface area contributed by atoms with Crippen LogP contribution in [0.15, 0.2) is 12.7 Å². The zero-order valence-electron chi connectivity index (χ0n) is 10.1. The maximum Gasteiger partial charge on any atom is 0.254 e. The van der Waals surface area contributed by atoms with Crippen molar-refractivity contribution in [3.8, 4) is 0 Å². The highest BCUT2D eigenvalue weighted by Crippen LogP contribution is 2.49. The predicted octanol–water partition coefficient (Wildman–Crippen LogP) is 0.134. The Balaban J connectivity index is 2.12. The van der Waals surface area contributed by atoms with E-state index in [1.54, 1.807) is 13.0 Å². The molecule has 0 radical (unpaired) electrons. The molecule has 3 N–H and O–H groups in total. The SMILES string of the molecule is C=C[C@@H]1C(C)[C@]1(N)C(=O)NS(=O)(=O)C1(C)CC1. The first-order valence-corrected chi connectivity index (χ1v) is 7.15. The monoisotopic (exact) mass is 258 g/mol. The van der Waals surface area contributed by atoms with Crippen molar-refractivity contribution in [1.82, 2.24) is 4.72 Å². The average Bonchev–Trinajstić information content (AvgIpc) is 3.08. The Kier molecular flexibility index (Phi) is 2.46. The largest absolute Gasteiger partial charge is 0.317 e. The minimum atomic E-state index is -3.60. The Morgan fingerprint density at radius 3 is 2.41 bits per heavy atom. The molecule has 3 atom stereocenters. The van der Waals surface area contributed by atoms with Crippen molar-refractivity contribution < 1.29 is 13.2 Å². The number of carbonyl (C=O) groups excluding carboxylic acids is 1. The van der Waals surface area contributed by atoms with Crippen LogP contribution in [-0.4, -0.2) is 24.6 Å². The molecule has 5 nitrogen and oxygen atoms in total. The van der Waals surface area contributed by atoms with Crippen LogP contribution in [0.3, 0.4) is 0 Å². The van der Waals surface area contributed by atoms with E-state index in [2.05, 4.69) is 11.3 Å². The number of rotatable bonds is 4. The molecule has 0 heterocycles. The molecular formula is C11H18N2O3S. The average molecular weight is 258 g/mol. The van der Waals surface area contributed by atoms with E-state index in [0.717, 1.165) is 0 Å². The van der Waals surface area contributed by atoms with Gasteiger partial charge < -0.3 is 5.73 Å². The summed E-state index contributed by atoms with van der Waals surface area (Å²) in [6.45, 7) is 7.05. The number of hydrogen-bond donors (Lipinski definition) is 2. The third-order valence-electron chi connectivity index (χ3n) is 4.21. The van der Waals surface area contributed by atoms with Crippen molar-refractivity contribution in [1.29, 1.82) is 0 Å². The van der Waals surface area contributed by atoms with Gasteiger partial charge in [-0.15, -0.1) is 6.58 Å². The second kappa shape index (κ2) is 3.32. The van der Waals surface area contributed by atoms with Crippen molar-refractivity contribution >= 4 is 15.9 Å². The number of carbonyl (C=O) groups is 1. The summed E-state index contributed by atoms with van der Waals surface area (Å²) < 4.78 is 25.1. The lowest BCUT2D eigenvalue weighted by Gasteiger charge is -2.15. The maximum atomic E-state index is 11.9. The Hall–Kier alpha value is -0.880. The summed E-state index contributed by atoms with van der Waals surface area (Å²) in [6, 6.07) is 0. The van der Waals surface area contributed by atoms with E-state index in [-0.39, 0.29) is 11.8 Å². The van der Waals surface area contributed by atoms with Crippen molar-refractivity contribution in [3.63, 3.8) is 0 Å². The number of nitrogens with two attached hydrogens (primary N) is 1. The van der Waals surface area contributed by atoms with Gasteiger partial charge in [0.1, 0.15) is 5.54 Å². The van der Waals surface area contributed by atoms with Gasteiger partial charge in [-0.2, -0.15) is 0 Å². The number of sulfonamides is 1. The van der Waals surface area contributed by atoms with Gasteiger partial charge in [0.2, 0.25) is 10.0 Å². The number of nitrogens with one attached hydrogen (secondary N) is 1. The molecule has 2 saturated carbocycles. The molecule has 0 aromatic heterocycles. The fourth-order valence-electron chi connectivity index (χ4n) is 2.16. The predicted molar refractivity (Wildman–Crippen MR) is 64.5 cm³/mol. The molecule has 0 aromatic carbocycles. The first-order valence-electron chi connectivity index (χ1n) is 5.67. The van der Waals surface area contributed by atoms with Crippen molar-refractivity contribution in [2.75, 3.05) is 0 Å². The summed E-state index contributed by atoms with van der Waals surface area (Å²) in [7, 11) is -3.60. The van der Waals surface area contributed by atoms with Gasteiger partial charge in [0.25, 0.3) is 5.91 Å². The summed E-state index contributed by atoms with van der Waals surface area (Å²) in [6.07, 6.45) is 2.79. The maximum absolute atomic E-state index is 11.9. The van der Waals surface area contributed by atoms with Gasteiger partial charge in [-0.05, 0) is 25.7 Å². The lowest BCUT2D eigenvalue weighted by molar-refractivity contribution is -0.122. The van der Waals surface area contributed by atoms with E-state index < -0.39 is 26.2 Å². The van der Waals surface area contributed by atoms with Crippen LogP contribution in [0.4, 0.5) is 0 Å². The number of amides is 1. The molecule has 6 heteroatoms. The fourth-order valence-corrected chi connectivity index (χ4v) is 3.46. The van der Waals surface area contributed by atoms with Crippen LogP contribution in [-0.2, 0) is 14.8 Å². The standard InChI is InChI=1S/C11H18N2O3S/c1-4-8-7(2)11(8,12)9(14)13-17(15,16)10(3)5-6-10/h4,7-8H,1,5-6,12H2,2-3H3,(H,13,14)/t7?,8-,11-/m1/s1. The summed E-state index contributed by atoms with van der Waals surface area (Å²) in [5.74, 6) is -0.824. The molecule has 0 aromatic rings. The Morgan fingerprint density at radius 1 is 1.53 bits per heavy atom. The third kappa shape index (κ3) is 1.62.